The summed E-state index contributed by atoms with van der Waals surface area (Å²) in [6.45, 7) is 1.47. The summed E-state index contributed by atoms with van der Waals surface area (Å²) in [5, 5.41) is 11.8. The lowest BCUT2D eigenvalue weighted by molar-refractivity contribution is -0.138. The fraction of sp³-hybridized carbons (Fsp3) is 0.176. The van der Waals surface area contributed by atoms with Gasteiger partial charge in [0.15, 0.2) is 0 Å². The summed E-state index contributed by atoms with van der Waals surface area (Å²) >= 11 is 2.47. The first-order valence-electron chi connectivity index (χ1n) is 7.36. The van der Waals surface area contributed by atoms with Crippen molar-refractivity contribution in [2.45, 2.75) is 23.9 Å². The van der Waals surface area contributed by atoms with Crippen molar-refractivity contribution in [3.8, 4) is 16.8 Å². The van der Waals surface area contributed by atoms with Gasteiger partial charge in [0.25, 0.3) is 0 Å². The lowest BCUT2D eigenvalue weighted by Gasteiger charge is -2.12. The van der Waals surface area contributed by atoms with Crippen molar-refractivity contribution < 1.29 is 13.2 Å². The number of hydrogen-bond acceptors (Lipinski definition) is 6. The highest BCUT2D eigenvalue weighted by Crippen LogP contribution is 2.36. The van der Waals surface area contributed by atoms with E-state index in [1.807, 2.05) is 17.5 Å². The Morgan fingerprint density at radius 1 is 1.27 bits per heavy atom. The number of pyridine rings is 2. The molecule has 0 aliphatic carbocycles. The Hall–Kier alpha value is -2.44. The van der Waals surface area contributed by atoms with Gasteiger partial charge in [-0.1, -0.05) is 17.8 Å². The Balaban J connectivity index is 1.84. The summed E-state index contributed by atoms with van der Waals surface area (Å²) in [4.78, 5) is 12.8. The van der Waals surface area contributed by atoms with Gasteiger partial charge in [-0.3, -0.25) is 4.98 Å². The van der Waals surface area contributed by atoms with Crippen LogP contribution in [0.25, 0.3) is 10.7 Å². The Kier molecular flexibility index (Phi) is 5.25. The number of aromatic nitrogens is 3. The topological polar surface area (TPSA) is 62.5 Å². The van der Waals surface area contributed by atoms with Crippen molar-refractivity contribution in [3.05, 3.63) is 58.4 Å². The smallest absolute Gasteiger partial charge is 0.254 e. The van der Waals surface area contributed by atoms with E-state index in [1.54, 1.807) is 18.3 Å². The van der Waals surface area contributed by atoms with Crippen LogP contribution in [-0.2, 0) is 11.9 Å². The lowest BCUT2D eigenvalue weighted by Crippen LogP contribution is -2.10. The first-order valence-corrected chi connectivity index (χ1v) is 9.22. The normalized spacial score (nSPS) is 11.3. The molecular weight excluding hydrogens is 381 g/mol. The third-order valence-electron chi connectivity index (χ3n) is 3.32. The van der Waals surface area contributed by atoms with Gasteiger partial charge in [0.1, 0.15) is 16.1 Å². The van der Waals surface area contributed by atoms with Crippen LogP contribution in [-0.4, -0.2) is 15.0 Å². The highest BCUT2D eigenvalue weighted by molar-refractivity contribution is 7.98. The molecule has 132 valence electrons. The summed E-state index contributed by atoms with van der Waals surface area (Å²) < 4.78 is 39.4. The largest absolute Gasteiger partial charge is 0.417 e. The van der Waals surface area contributed by atoms with Gasteiger partial charge in [0.05, 0.1) is 22.5 Å². The number of nitrogens with zero attached hydrogens (tertiary/aromatic N) is 4. The third-order valence-corrected chi connectivity index (χ3v) is 5.25. The maximum Gasteiger partial charge on any atom is 0.417 e. The summed E-state index contributed by atoms with van der Waals surface area (Å²) in [5.74, 6) is 0.311. The van der Waals surface area contributed by atoms with Gasteiger partial charge in [-0.15, -0.1) is 11.3 Å². The Morgan fingerprint density at radius 3 is 2.73 bits per heavy atom. The van der Waals surface area contributed by atoms with Crippen molar-refractivity contribution in [2.75, 3.05) is 0 Å². The van der Waals surface area contributed by atoms with E-state index >= 15 is 0 Å². The zero-order valence-corrected chi connectivity index (χ0v) is 15.0. The molecule has 0 fully saturated rings. The van der Waals surface area contributed by atoms with Gasteiger partial charge in [-0.2, -0.15) is 18.4 Å². The number of thioether (sulfide) groups is 1. The van der Waals surface area contributed by atoms with Crippen LogP contribution in [0.4, 0.5) is 13.2 Å². The first kappa shape index (κ1) is 18.4. The predicted octanol–water partition coefficient (Wildman–Crippen LogP) is 5.09. The number of hydrogen-bond donors (Lipinski definition) is 0. The second-order valence-corrected chi connectivity index (χ2v) is 7.07. The molecule has 0 amide bonds. The maximum atomic E-state index is 13.1. The maximum absolute atomic E-state index is 13.1. The average molecular weight is 392 g/mol. The van der Waals surface area contributed by atoms with Crippen LogP contribution in [0.5, 0.6) is 0 Å². The van der Waals surface area contributed by atoms with Crippen LogP contribution in [0.15, 0.2) is 40.9 Å². The van der Waals surface area contributed by atoms with Crippen LogP contribution in [0.3, 0.4) is 0 Å². The van der Waals surface area contributed by atoms with E-state index in [0.29, 0.717) is 11.4 Å². The number of rotatable bonds is 4. The summed E-state index contributed by atoms with van der Waals surface area (Å²) in [7, 11) is 0. The molecule has 0 bridgehead atoms. The van der Waals surface area contributed by atoms with Gasteiger partial charge < -0.3 is 0 Å². The zero-order chi connectivity index (χ0) is 18.7. The molecule has 0 spiro atoms. The molecule has 0 aliphatic rings. The molecule has 9 heteroatoms. The van der Waals surface area contributed by atoms with Crippen molar-refractivity contribution in [1.82, 2.24) is 15.0 Å². The monoisotopic (exact) mass is 392 g/mol. The number of thiazole rings is 1. The molecule has 3 aromatic rings. The molecular formula is C17H11F3N4S2. The van der Waals surface area contributed by atoms with E-state index in [9.17, 15) is 18.4 Å². The van der Waals surface area contributed by atoms with Crippen LogP contribution in [0.2, 0.25) is 0 Å². The number of aryl methyl sites for hydroxylation is 1. The minimum absolute atomic E-state index is 0.0622. The van der Waals surface area contributed by atoms with Crippen molar-refractivity contribution in [3.63, 3.8) is 0 Å². The van der Waals surface area contributed by atoms with E-state index in [-0.39, 0.29) is 10.7 Å². The molecule has 0 unspecified atom stereocenters. The molecule has 3 heterocycles. The highest BCUT2D eigenvalue weighted by atomic mass is 32.2. The van der Waals surface area contributed by atoms with Gasteiger partial charge >= 0.3 is 6.18 Å². The fourth-order valence-electron chi connectivity index (χ4n) is 2.20. The predicted molar refractivity (Wildman–Crippen MR) is 93.6 cm³/mol. The summed E-state index contributed by atoms with van der Waals surface area (Å²) in [5.41, 5.74) is 0.239. The van der Waals surface area contributed by atoms with E-state index < -0.39 is 17.3 Å². The molecule has 0 saturated heterocycles. The first-order chi connectivity index (χ1) is 12.4. The van der Waals surface area contributed by atoms with Crippen LogP contribution in [0.1, 0.15) is 22.5 Å². The average Bonchev–Trinajstić information content (AvgIpc) is 3.08. The molecule has 3 rings (SSSR count). The Morgan fingerprint density at radius 2 is 2.08 bits per heavy atom. The Labute approximate surface area is 155 Å². The van der Waals surface area contributed by atoms with Gasteiger partial charge in [0.2, 0.25) is 0 Å². The number of halogens is 3. The molecule has 0 radical (unpaired) electrons. The van der Waals surface area contributed by atoms with Crippen molar-refractivity contribution in [2.24, 2.45) is 0 Å². The Bertz CT molecular complexity index is 962. The minimum atomic E-state index is -4.60. The molecule has 0 N–H and O–H groups in total. The zero-order valence-electron chi connectivity index (χ0n) is 13.4. The van der Waals surface area contributed by atoms with E-state index in [0.717, 1.165) is 28.5 Å². The summed E-state index contributed by atoms with van der Waals surface area (Å²) in [6, 6.07) is 8.02. The molecule has 4 nitrogen and oxygen atoms in total. The van der Waals surface area contributed by atoms with Crippen LogP contribution >= 0.6 is 23.1 Å². The quantitative estimate of drug-likeness (QED) is 0.579. The SMILES string of the molecule is Cc1cc(C(F)(F)F)c(C#N)c(SCc2csc(-c3ccccn3)n2)n1. The molecule has 0 atom stereocenters. The molecule has 0 aromatic carbocycles. The van der Waals surface area contributed by atoms with Crippen LogP contribution in [0, 0.1) is 18.3 Å². The minimum Gasteiger partial charge on any atom is -0.254 e. The highest BCUT2D eigenvalue weighted by Gasteiger charge is 2.35. The fourth-order valence-corrected chi connectivity index (χ4v) is 4.04. The second-order valence-electron chi connectivity index (χ2n) is 5.25. The lowest BCUT2D eigenvalue weighted by atomic mass is 10.1. The van der Waals surface area contributed by atoms with E-state index in [2.05, 4.69) is 15.0 Å². The van der Waals surface area contributed by atoms with Crippen molar-refractivity contribution in [1.29, 1.82) is 5.26 Å². The summed E-state index contributed by atoms with van der Waals surface area (Å²) in [6.07, 6.45) is -2.93. The molecule has 0 aliphatic heterocycles. The molecule has 3 aromatic heterocycles. The number of nitriles is 1. The van der Waals surface area contributed by atoms with Gasteiger partial charge in [-0.25, -0.2) is 9.97 Å². The standard InChI is InChI=1S/C17H11F3N4S2/c1-10-6-13(17(18,19)20)12(7-21)15(23-10)25-8-11-9-26-16(24-11)14-4-2-3-5-22-14/h2-6,9H,8H2,1H3. The van der Waals surface area contributed by atoms with E-state index in [4.69, 9.17) is 0 Å². The van der Waals surface area contributed by atoms with Gasteiger partial charge in [0, 0.05) is 23.0 Å². The van der Waals surface area contributed by atoms with Gasteiger partial charge in [-0.05, 0) is 25.1 Å². The molecule has 0 saturated carbocycles. The molecule has 26 heavy (non-hydrogen) atoms. The van der Waals surface area contributed by atoms with Crippen molar-refractivity contribution >= 4 is 23.1 Å². The number of alkyl halides is 3. The van der Waals surface area contributed by atoms with E-state index in [1.165, 1.54) is 18.3 Å². The van der Waals surface area contributed by atoms with Crippen LogP contribution < -0.4 is 0 Å². The third kappa shape index (κ3) is 4.03. The second kappa shape index (κ2) is 7.43.